The number of carbonyl (C=O) groups is 1. The molecule has 0 unspecified atom stereocenters. The standard InChI is InChI=1S/C17H9Cl2N3OS2/c18-10-2-1-3-11(19)15(10)21-17-22-16(23)14(25-17)7-9-4-5-12-13(6-9)24-8-20-12/h1-8H,(H,21,22,23). The molecule has 4 nitrogen and oxygen atoms in total. The summed E-state index contributed by atoms with van der Waals surface area (Å²) < 4.78 is 1.08. The van der Waals surface area contributed by atoms with Gasteiger partial charge in [0.15, 0.2) is 5.17 Å². The number of hydrogen-bond donors (Lipinski definition) is 1. The zero-order valence-corrected chi connectivity index (χ0v) is 15.6. The highest BCUT2D eigenvalue weighted by molar-refractivity contribution is 8.18. The van der Waals surface area contributed by atoms with Crippen molar-refractivity contribution in [2.75, 3.05) is 0 Å². The molecule has 124 valence electrons. The number of fused-ring (bicyclic) bond motifs is 1. The fourth-order valence-electron chi connectivity index (χ4n) is 2.29. The minimum absolute atomic E-state index is 0.198. The Morgan fingerprint density at radius 3 is 2.76 bits per heavy atom. The van der Waals surface area contributed by atoms with Crippen molar-refractivity contribution in [3.8, 4) is 0 Å². The maximum atomic E-state index is 12.2. The van der Waals surface area contributed by atoms with Gasteiger partial charge in [-0.3, -0.25) is 4.79 Å². The topological polar surface area (TPSA) is 54.4 Å². The number of thioether (sulfide) groups is 1. The summed E-state index contributed by atoms with van der Waals surface area (Å²) in [4.78, 5) is 21.4. The number of thiazole rings is 1. The third-order valence-electron chi connectivity index (χ3n) is 3.45. The summed E-state index contributed by atoms with van der Waals surface area (Å²) in [6, 6.07) is 11.0. The molecular formula is C17H9Cl2N3OS2. The van der Waals surface area contributed by atoms with E-state index in [9.17, 15) is 4.79 Å². The van der Waals surface area contributed by atoms with E-state index in [4.69, 9.17) is 23.2 Å². The van der Waals surface area contributed by atoms with Crippen LogP contribution in [0.3, 0.4) is 0 Å². The average Bonchev–Trinajstić information content (AvgIpc) is 3.18. The highest BCUT2D eigenvalue weighted by Gasteiger charge is 2.24. The molecule has 8 heteroatoms. The fourth-order valence-corrected chi connectivity index (χ4v) is 4.33. The van der Waals surface area contributed by atoms with Gasteiger partial charge in [-0.05, 0) is 47.7 Å². The Kier molecular flexibility index (Phi) is 4.52. The zero-order valence-electron chi connectivity index (χ0n) is 12.5. The first-order valence-corrected chi connectivity index (χ1v) is 9.62. The summed E-state index contributed by atoms with van der Waals surface area (Å²) in [5.41, 5.74) is 4.13. The van der Waals surface area contributed by atoms with Crippen LogP contribution in [-0.2, 0) is 4.79 Å². The maximum Gasteiger partial charge on any atom is 0.264 e. The number of aliphatic imine (C=N–C) groups is 1. The maximum absolute atomic E-state index is 12.2. The third kappa shape index (κ3) is 3.43. The molecule has 25 heavy (non-hydrogen) atoms. The van der Waals surface area contributed by atoms with Crippen LogP contribution in [0.15, 0.2) is 51.8 Å². The van der Waals surface area contributed by atoms with Crippen molar-refractivity contribution in [2.45, 2.75) is 0 Å². The molecule has 1 aromatic heterocycles. The summed E-state index contributed by atoms with van der Waals surface area (Å²) in [6.07, 6.45) is 1.83. The number of benzene rings is 2. The van der Waals surface area contributed by atoms with Gasteiger partial charge in [0.2, 0.25) is 0 Å². The van der Waals surface area contributed by atoms with E-state index >= 15 is 0 Å². The monoisotopic (exact) mass is 405 g/mol. The van der Waals surface area contributed by atoms with E-state index in [1.807, 2.05) is 24.3 Å². The Morgan fingerprint density at radius 1 is 1.16 bits per heavy atom. The molecule has 1 aliphatic heterocycles. The molecule has 2 aromatic carbocycles. The molecule has 0 aliphatic carbocycles. The van der Waals surface area contributed by atoms with Gasteiger partial charge in [-0.15, -0.1) is 11.3 Å². The molecule has 4 rings (SSSR count). The molecule has 1 aliphatic rings. The molecule has 1 saturated heterocycles. The van der Waals surface area contributed by atoms with E-state index < -0.39 is 0 Å². The largest absolute Gasteiger partial charge is 0.300 e. The Labute approximate surface area is 161 Å². The van der Waals surface area contributed by atoms with Crippen molar-refractivity contribution < 1.29 is 4.79 Å². The van der Waals surface area contributed by atoms with E-state index in [0.29, 0.717) is 25.8 Å². The second-order valence-electron chi connectivity index (χ2n) is 5.13. The minimum atomic E-state index is -0.198. The van der Waals surface area contributed by atoms with Crippen molar-refractivity contribution in [2.24, 2.45) is 4.99 Å². The van der Waals surface area contributed by atoms with Gasteiger partial charge in [0.1, 0.15) is 5.69 Å². The molecule has 3 aromatic rings. The van der Waals surface area contributed by atoms with Crippen molar-refractivity contribution >= 4 is 79.4 Å². The van der Waals surface area contributed by atoms with Crippen LogP contribution in [0.4, 0.5) is 5.69 Å². The lowest BCUT2D eigenvalue weighted by Crippen LogP contribution is -2.19. The second kappa shape index (κ2) is 6.80. The number of hydrogen-bond acceptors (Lipinski definition) is 5. The minimum Gasteiger partial charge on any atom is -0.300 e. The number of amides is 1. The van der Waals surface area contributed by atoms with E-state index in [0.717, 1.165) is 15.8 Å². The normalized spacial score (nSPS) is 17.6. The van der Waals surface area contributed by atoms with Crippen LogP contribution >= 0.6 is 46.3 Å². The van der Waals surface area contributed by atoms with Crippen molar-refractivity contribution in [3.63, 3.8) is 0 Å². The first-order valence-electron chi connectivity index (χ1n) is 7.17. The van der Waals surface area contributed by atoms with E-state index in [1.54, 1.807) is 35.0 Å². The lowest BCUT2D eigenvalue weighted by molar-refractivity contribution is -0.115. The Hall–Kier alpha value is -1.86. The molecule has 1 fully saturated rings. The quantitative estimate of drug-likeness (QED) is 0.573. The highest BCUT2D eigenvalue weighted by atomic mass is 35.5. The van der Waals surface area contributed by atoms with E-state index in [1.165, 1.54) is 11.8 Å². The van der Waals surface area contributed by atoms with E-state index in [2.05, 4.69) is 15.3 Å². The zero-order chi connectivity index (χ0) is 17.4. The molecule has 0 radical (unpaired) electrons. The van der Waals surface area contributed by atoms with Gasteiger partial charge in [0.05, 0.1) is 30.7 Å². The molecule has 1 N–H and O–H groups in total. The Bertz CT molecular complexity index is 1040. The molecule has 2 heterocycles. The van der Waals surface area contributed by atoms with Gasteiger partial charge in [-0.25, -0.2) is 9.98 Å². The molecule has 0 bridgehead atoms. The SMILES string of the molecule is O=C1NC(=Nc2c(Cl)cccc2Cl)SC1=Cc1ccc2ncsc2c1. The second-order valence-corrected chi connectivity index (χ2v) is 7.86. The van der Waals surface area contributed by atoms with Crippen LogP contribution in [-0.4, -0.2) is 16.1 Å². The first kappa shape index (κ1) is 16.6. The summed E-state index contributed by atoms with van der Waals surface area (Å²) >= 11 is 15.1. The number of nitrogens with one attached hydrogen (secondary N) is 1. The van der Waals surface area contributed by atoms with Crippen LogP contribution in [0.1, 0.15) is 5.56 Å². The number of aromatic nitrogens is 1. The molecule has 0 saturated carbocycles. The fraction of sp³-hybridized carbons (Fsp3) is 0. The van der Waals surface area contributed by atoms with Crippen molar-refractivity contribution in [3.05, 3.63) is 62.4 Å². The van der Waals surface area contributed by atoms with Crippen LogP contribution in [0.5, 0.6) is 0 Å². The van der Waals surface area contributed by atoms with Crippen LogP contribution in [0, 0.1) is 0 Å². The van der Waals surface area contributed by atoms with Crippen molar-refractivity contribution in [1.82, 2.24) is 10.3 Å². The van der Waals surface area contributed by atoms with Crippen LogP contribution < -0.4 is 5.32 Å². The first-order chi connectivity index (χ1) is 12.1. The number of halogens is 2. The van der Waals surface area contributed by atoms with Gasteiger partial charge in [-0.2, -0.15) is 0 Å². The molecule has 1 amide bonds. The molecule has 0 atom stereocenters. The number of amidine groups is 1. The van der Waals surface area contributed by atoms with Crippen LogP contribution in [0.2, 0.25) is 10.0 Å². The lowest BCUT2D eigenvalue weighted by atomic mass is 10.2. The number of rotatable bonds is 2. The number of carbonyl (C=O) groups excluding carboxylic acids is 1. The summed E-state index contributed by atoms with van der Waals surface area (Å²) in [7, 11) is 0. The van der Waals surface area contributed by atoms with E-state index in [-0.39, 0.29) is 5.91 Å². The molecule has 0 spiro atoms. The summed E-state index contributed by atoms with van der Waals surface area (Å²) in [5.74, 6) is -0.198. The highest BCUT2D eigenvalue weighted by Crippen LogP contribution is 2.35. The van der Waals surface area contributed by atoms with Gasteiger partial charge in [-0.1, -0.05) is 35.3 Å². The predicted molar refractivity (Wildman–Crippen MR) is 107 cm³/mol. The number of nitrogens with zero attached hydrogens (tertiary/aromatic N) is 2. The predicted octanol–water partition coefficient (Wildman–Crippen LogP) is 5.49. The number of para-hydroxylation sites is 1. The van der Waals surface area contributed by atoms with Gasteiger partial charge >= 0.3 is 0 Å². The average molecular weight is 406 g/mol. The van der Waals surface area contributed by atoms with Gasteiger partial charge in [0.25, 0.3) is 5.91 Å². The Morgan fingerprint density at radius 2 is 1.96 bits per heavy atom. The smallest absolute Gasteiger partial charge is 0.264 e. The lowest BCUT2D eigenvalue weighted by Gasteiger charge is -2.01. The van der Waals surface area contributed by atoms with Crippen molar-refractivity contribution in [1.29, 1.82) is 0 Å². The summed E-state index contributed by atoms with van der Waals surface area (Å²) in [6.45, 7) is 0. The molecular weight excluding hydrogens is 397 g/mol. The van der Waals surface area contributed by atoms with Gasteiger partial charge < -0.3 is 5.32 Å². The third-order valence-corrected chi connectivity index (χ3v) is 5.77. The Balaban J connectivity index is 1.64. The van der Waals surface area contributed by atoms with Crippen LogP contribution in [0.25, 0.3) is 16.3 Å². The summed E-state index contributed by atoms with van der Waals surface area (Å²) in [5, 5.41) is 4.05. The van der Waals surface area contributed by atoms with Gasteiger partial charge in [0, 0.05) is 0 Å².